The van der Waals surface area contributed by atoms with Crippen LogP contribution in [-0.2, 0) is 4.79 Å². The molecule has 0 rings (SSSR count). The predicted molar refractivity (Wildman–Crippen MR) is 39.3 cm³/mol. The van der Waals surface area contributed by atoms with Gasteiger partial charge in [0.1, 0.15) is 5.78 Å². The van der Waals surface area contributed by atoms with E-state index in [0.717, 1.165) is 0 Å². The third kappa shape index (κ3) is 3.24. The van der Waals surface area contributed by atoms with Crippen LogP contribution in [0.25, 0.3) is 0 Å². The molecule has 0 aliphatic rings. The van der Waals surface area contributed by atoms with Gasteiger partial charge in [0.15, 0.2) is 0 Å². The van der Waals surface area contributed by atoms with E-state index in [-0.39, 0.29) is 11.2 Å². The lowest BCUT2D eigenvalue weighted by Gasteiger charge is -2.14. The molecular weight excluding hydrogens is 126 g/mol. The molecule has 0 unspecified atom stereocenters. The van der Waals surface area contributed by atoms with E-state index in [1.807, 2.05) is 26.8 Å². The van der Waals surface area contributed by atoms with E-state index in [1.54, 1.807) is 0 Å². The van der Waals surface area contributed by atoms with Crippen LogP contribution in [0.15, 0.2) is 0 Å². The molecule has 0 N–H and O–H groups in total. The van der Waals surface area contributed by atoms with Gasteiger partial charge in [0.25, 0.3) is 0 Å². The normalized spacial score (nSPS) is 10.6. The quantitative estimate of drug-likeness (QED) is 0.586. The summed E-state index contributed by atoms with van der Waals surface area (Å²) in [6.07, 6.45) is 0.732. The first kappa shape index (κ1) is 9.16. The summed E-state index contributed by atoms with van der Waals surface area (Å²) in [5.74, 6) is 0.161. The summed E-state index contributed by atoms with van der Waals surface area (Å²) in [4.78, 5) is 11.1. The highest BCUT2D eigenvalue weighted by molar-refractivity contribution is 5.83. The van der Waals surface area contributed by atoms with Crippen molar-refractivity contribution in [3.05, 3.63) is 0 Å². The van der Waals surface area contributed by atoms with Gasteiger partial charge in [-0.2, -0.15) is 5.26 Å². The fraction of sp³-hybridized carbons (Fsp3) is 0.750. The van der Waals surface area contributed by atoms with Gasteiger partial charge < -0.3 is 0 Å². The summed E-state index contributed by atoms with van der Waals surface area (Å²) in [5, 5.41) is 8.18. The molecule has 2 nitrogen and oxygen atoms in total. The van der Waals surface area contributed by atoms with E-state index in [0.29, 0.717) is 12.8 Å². The lowest BCUT2D eigenvalue weighted by atomic mass is 9.88. The number of nitrogens with zero attached hydrogens (tertiary/aromatic N) is 1. The number of carbonyl (C=O) groups is 1. The molecule has 0 saturated heterocycles. The maximum atomic E-state index is 11.1. The summed E-state index contributed by atoms with van der Waals surface area (Å²) in [7, 11) is 0. The molecule has 0 aliphatic heterocycles. The SMILES string of the molecule is CC(C)(C)C(=O)CCC#N. The average Bonchev–Trinajstić information content (AvgIpc) is 1.80. The monoisotopic (exact) mass is 139 g/mol. The first-order valence-corrected chi connectivity index (χ1v) is 3.38. The molecule has 56 valence electrons. The topological polar surface area (TPSA) is 40.9 Å². The average molecular weight is 139 g/mol. The zero-order valence-electron chi connectivity index (χ0n) is 6.77. The van der Waals surface area contributed by atoms with Gasteiger partial charge in [-0.15, -0.1) is 0 Å². The summed E-state index contributed by atoms with van der Waals surface area (Å²) in [5.41, 5.74) is -0.281. The van der Waals surface area contributed by atoms with Crippen molar-refractivity contribution in [1.82, 2.24) is 0 Å². The number of nitriles is 1. The molecule has 2 heteroatoms. The Morgan fingerprint density at radius 1 is 1.50 bits per heavy atom. The van der Waals surface area contributed by atoms with E-state index in [1.165, 1.54) is 0 Å². The second kappa shape index (κ2) is 3.36. The minimum Gasteiger partial charge on any atom is -0.299 e. The van der Waals surface area contributed by atoms with Crippen molar-refractivity contribution in [2.75, 3.05) is 0 Å². The first-order valence-electron chi connectivity index (χ1n) is 3.38. The van der Waals surface area contributed by atoms with Crippen LogP contribution in [0.2, 0.25) is 0 Å². The number of Topliss-reactive ketones (excluding diaryl/α,β-unsaturated/α-hetero) is 1. The second-order valence-electron chi connectivity index (χ2n) is 3.33. The molecule has 0 aromatic carbocycles. The molecule has 0 amide bonds. The van der Waals surface area contributed by atoms with E-state index in [4.69, 9.17) is 5.26 Å². The van der Waals surface area contributed by atoms with Crippen molar-refractivity contribution in [3.8, 4) is 6.07 Å². The van der Waals surface area contributed by atoms with Crippen LogP contribution in [-0.4, -0.2) is 5.78 Å². The molecule has 0 aromatic rings. The van der Waals surface area contributed by atoms with E-state index in [2.05, 4.69) is 0 Å². The highest BCUT2D eigenvalue weighted by Crippen LogP contribution is 2.16. The standard InChI is InChI=1S/C8H13NO/c1-8(2,3)7(10)5-4-6-9/h4-5H2,1-3H3. The van der Waals surface area contributed by atoms with Gasteiger partial charge in [0.2, 0.25) is 0 Å². The number of ketones is 1. The van der Waals surface area contributed by atoms with Gasteiger partial charge in [0, 0.05) is 18.3 Å². The van der Waals surface area contributed by atoms with E-state index in [9.17, 15) is 4.79 Å². The van der Waals surface area contributed by atoms with Crippen LogP contribution in [0.4, 0.5) is 0 Å². The van der Waals surface area contributed by atoms with Gasteiger partial charge in [0.05, 0.1) is 6.07 Å². The zero-order chi connectivity index (χ0) is 8.20. The summed E-state index contributed by atoms with van der Waals surface area (Å²) >= 11 is 0. The number of carbonyl (C=O) groups excluding carboxylic acids is 1. The number of hydrogen-bond acceptors (Lipinski definition) is 2. The Morgan fingerprint density at radius 2 is 2.00 bits per heavy atom. The summed E-state index contributed by atoms with van der Waals surface area (Å²) in [6.45, 7) is 5.60. The predicted octanol–water partition coefficient (Wildman–Crippen LogP) is 1.91. The largest absolute Gasteiger partial charge is 0.299 e. The Kier molecular flexibility index (Phi) is 3.08. The number of rotatable bonds is 2. The minimum absolute atomic E-state index is 0.161. The second-order valence-corrected chi connectivity index (χ2v) is 3.33. The zero-order valence-corrected chi connectivity index (χ0v) is 6.77. The Bertz CT molecular complexity index is 159. The van der Waals surface area contributed by atoms with Crippen LogP contribution < -0.4 is 0 Å². The van der Waals surface area contributed by atoms with Gasteiger partial charge >= 0.3 is 0 Å². The molecule has 0 aliphatic carbocycles. The van der Waals surface area contributed by atoms with E-state index >= 15 is 0 Å². The Hall–Kier alpha value is -0.840. The molecule has 0 heterocycles. The van der Waals surface area contributed by atoms with Crippen LogP contribution in [0.5, 0.6) is 0 Å². The third-order valence-corrected chi connectivity index (χ3v) is 1.30. The van der Waals surface area contributed by atoms with Gasteiger partial charge in [-0.25, -0.2) is 0 Å². The van der Waals surface area contributed by atoms with Crippen LogP contribution in [0.1, 0.15) is 33.6 Å². The highest BCUT2D eigenvalue weighted by atomic mass is 16.1. The van der Waals surface area contributed by atoms with Crippen molar-refractivity contribution in [3.63, 3.8) is 0 Å². The molecular formula is C8H13NO. The first-order chi connectivity index (χ1) is 4.48. The van der Waals surface area contributed by atoms with Crippen molar-refractivity contribution in [2.24, 2.45) is 5.41 Å². The lowest BCUT2D eigenvalue weighted by Crippen LogP contribution is -2.19. The third-order valence-electron chi connectivity index (χ3n) is 1.30. The molecule has 0 atom stereocenters. The molecule has 0 fully saturated rings. The van der Waals surface area contributed by atoms with Gasteiger partial charge in [-0.3, -0.25) is 4.79 Å². The van der Waals surface area contributed by atoms with Gasteiger partial charge in [-0.05, 0) is 0 Å². The Morgan fingerprint density at radius 3 is 2.30 bits per heavy atom. The molecule has 0 spiro atoms. The fourth-order valence-corrected chi connectivity index (χ4v) is 0.544. The molecule has 0 saturated carbocycles. The number of hydrogen-bond donors (Lipinski definition) is 0. The van der Waals surface area contributed by atoms with Crippen molar-refractivity contribution >= 4 is 5.78 Å². The highest BCUT2D eigenvalue weighted by Gasteiger charge is 2.19. The molecule has 0 bridgehead atoms. The molecule has 0 aromatic heterocycles. The van der Waals surface area contributed by atoms with Crippen molar-refractivity contribution in [1.29, 1.82) is 5.26 Å². The van der Waals surface area contributed by atoms with Crippen molar-refractivity contribution in [2.45, 2.75) is 33.6 Å². The summed E-state index contributed by atoms with van der Waals surface area (Å²) < 4.78 is 0. The Labute approximate surface area is 61.8 Å². The van der Waals surface area contributed by atoms with E-state index < -0.39 is 0 Å². The van der Waals surface area contributed by atoms with Crippen LogP contribution in [0.3, 0.4) is 0 Å². The molecule has 0 radical (unpaired) electrons. The Balaban J connectivity index is 3.78. The van der Waals surface area contributed by atoms with Crippen LogP contribution >= 0.6 is 0 Å². The minimum atomic E-state index is -0.281. The lowest BCUT2D eigenvalue weighted by molar-refractivity contribution is -0.126. The van der Waals surface area contributed by atoms with Gasteiger partial charge in [-0.1, -0.05) is 20.8 Å². The smallest absolute Gasteiger partial charge is 0.139 e. The maximum Gasteiger partial charge on any atom is 0.139 e. The maximum absolute atomic E-state index is 11.1. The van der Waals surface area contributed by atoms with Crippen molar-refractivity contribution < 1.29 is 4.79 Å². The summed E-state index contributed by atoms with van der Waals surface area (Å²) in [6, 6.07) is 1.95. The molecule has 10 heavy (non-hydrogen) atoms. The van der Waals surface area contributed by atoms with Crippen LogP contribution in [0, 0.1) is 16.7 Å². The fourth-order valence-electron chi connectivity index (χ4n) is 0.544.